The Balaban J connectivity index is 0.000000242. The van der Waals surface area contributed by atoms with E-state index >= 15 is 0 Å². The number of halogens is 2. The first-order chi connectivity index (χ1) is 16.5. The fourth-order valence-corrected chi connectivity index (χ4v) is 4.16. The van der Waals surface area contributed by atoms with Crippen molar-refractivity contribution in [3.8, 4) is 17.6 Å². The zero-order valence-corrected chi connectivity index (χ0v) is 22.0. The maximum atomic E-state index is 9.01. The van der Waals surface area contributed by atoms with Crippen molar-refractivity contribution in [2.45, 2.75) is 46.5 Å². The van der Waals surface area contributed by atoms with Crippen LogP contribution in [-0.4, -0.2) is 32.2 Å². The second-order valence-corrected chi connectivity index (χ2v) is 9.16. The molecule has 6 heteroatoms. The number of nitrogens with zero attached hydrogens (tertiary/aromatic N) is 1. The van der Waals surface area contributed by atoms with Crippen LogP contribution in [0.2, 0.25) is 5.02 Å². The van der Waals surface area contributed by atoms with E-state index in [1.54, 1.807) is 0 Å². The maximum Gasteiger partial charge on any atom is 0.155 e. The fraction of sp³-hybridized carbons (Fsp3) is 0.464. The smallest absolute Gasteiger partial charge is 0.155 e. The molecule has 2 aromatic carbocycles. The third kappa shape index (κ3) is 9.22. The quantitative estimate of drug-likeness (QED) is 0.368. The van der Waals surface area contributed by atoms with E-state index in [0.29, 0.717) is 34.7 Å². The molecule has 1 aliphatic heterocycles. The molecule has 34 heavy (non-hydrogen) atoms. The lowest BCUT2D eigenvalue weighted by molar-refractivity contribution is 0.215. The molecular weight excluding hydrogens is 467 g/mol. The first kappa shape index (κ1) is 28.1. The molecule has 1 N–H and O–H groups in total. The molecule has 0 spiro atoms. The van der Waals surface area contributed by atoms with Gasteiger partial charge >= 0.3 is 0 Å². The van der Waals surface area contributed by atoms with Gasteiger partial charge in [0.25, 0.3) is 0 Å². The van der Waals surface area contributed by atoms with Crippen LogP contribution >= 0.6 is 23.2 Å². The van der Waals surface area contributed by atoms with E-state index in [2.05, 4.69) is 55.6 Å². The number of hydrogen-bond acceptors (Lipinski definition) is 4. The average Bonchev–Trinajstić information content (AvgIpc) is 2.85. The Kier molecular flexibility index (Phi) is 12.9. The summed E-state index contributed by atoms with van der Waals surface area (Å²) in [5.74, 6) is 2.51. The van der Waals surface area contributed by atoms with Gasteiger partial charge in [0, 0.05) is 0 Å². The zero-order valence-electron chi connectivity index (χ0n) is 20.5. The van der Waals surface area contributed by atoms with E-state index < -0.39 is 0 Å². The molecule has 3 rings (SSSR count). The highest BCUT2D eigenvalue weighted by atomic mass is 35.5. The van der Waals surface area contributed by atoms with Gasteiger partial charge in [-0.1, -0.05) is 43.2 Å². The van der Waals surface area contributed by atoms with Crippen molar-refractivity contribution >= 4 is 29.3 Å². The van der Waals surface area contributed by atoms with Crippen LogP contribution in [-0.2, 0) is 6.42 Å². The molecule has 0 aromatic heterocycles. The SMILES string of the molecule is C/C=C\c1cc(OCC2CCNCC2)ccc1C.CCCc1cc(Cl)c(OCCCl)c(C#N)c1. The summed E-state index contributed by atoms with van der Waals surface area (Å²) in [6.45, 7) is 9.71. The predicted molar refractivity (Wildman–Crippen MR) is 143 cm³/mol. The summed E-state index contributed by atoms with van der Waals surface area (Å²) in [6, 6.07) is 12.1. The molecule has 0 saturated carbocycles. The molecule has 2 aromatic rings. The van der Waals surface area contributed by atoms with Gasteiger partial charge in [0.2, 0.25) is 0 Å². The molecule has 0 radical (unpaired) electrons. The summed E-state index contributed by atoms with van der Waals surface area (Å²) < 4.78 is 11.3. The van der Waals surface area contributed by atoms with Crippen LogP contribution < -0.4 is 14.8 Å². The Morgan fingerprint density at radius 1 is 1.18 bits per heavy atom. The summed E-state index contributed by atoms with van der Waals surface area (Å²) in [5.41, 5.74) is 4.07. The molecule has 0 atom stereocenters. The highest BCUT2D eigenvalue weighted by Crippen LogP contribution is 2.30. The lowest BCUT2D eigenvalue weighted by Crippen LogP contribution is -2.30. The number of piperidine rings is 1. The van der Waals surface area contributed by atoms with Gasteiger partial charge in [-0.2, -0.15) is 5.26 Å². The second-order valence-electron chi connectivity index (χ2n) is 8.38. The minimum atomic E-state index is 0.350. The largest absolute Gasteiger partial charge is 0.493 e. The second kappa shape index (κ2) is 15.7. The van der Waals surface area contributed by atoms with Gasteiger partial charge in [-0.25, -0.2) is 0 Å². The topological polar surface area (TPSA) is 54.3 Å². The molecule has 0 amide bonds. The Morgan fingerprint density at radius 2 is 1.94 bits per heavy atom. The number of ether oxygens (including phenoxy) is 2. The standard InChI is InChI=1S/C16H23NO.C12H13Cl2NO/c1-3-4-15-11-16(6-5-13(15)2)18-12-14-7-9-17-10-8-14;1-2-3-9-6-10(8-15)12(11(14)7-9)16-5-4-13/h3-6,11,14,17H,7-10,12H2,1-2H3;6-7H,2-5H2,1H3/b4-3-;. The molecule has 4 nitrogen and oxygen atoms in total. The van der Waals surface area contributed by atoms with E-state index in [1.807, 2.05) is 19.1 Å². The number of benzene rings is 2. The van der Waals surface area contributed by atoms with Crippen molar-refractivity contribution in [1.29, 1.82) is 5.26 Å². The van der Waals surface area contributed by atoms with Gasteiger partial charge in [0.1, 0.15) is 18.4 Å². The van der Waals surface area contributed by atoms with E-state index in [4.69, 9.17) is 37.9 Å². The van der Waals surface area contributed by atoms with Crippen molar-refractivity contribution in [3.63, 3.8) is 0 Å². The third-order valence-electron chi connectivity index (χ3n) is 5.63. The third-order valence-corrected chi connectivity index (χ3v) is 6.06. The number of hydrogen-bond donors (Lipinski definition) is 1. The Bertz CT molecular complexity index is 964. The lowest BCUT2D eigenvalue weighted by Gasteiger charge is -2.22. The van der Waals surface area contributed by atoms with E-state index in [-0.39, 0.29) is 0 Å². The van der Waals surface area contributed by atoms with Crippen molar-refractivity contribution in [2.24, 2.45) is 5.92 Å². The first-order valence-electron chi connectivity index (χ1n) is 12.0. The van der Waals surface area contributed by atoms with Crippen molar-refractivity contribution in [3.05, 3.63) is 63.7 Å². The molecule has 184 valence electrons. The van der Waals surface area contributed by atoms with Gasteiger partial charge in [-0.15, -0.1) is 11.6 Å². The van der Waals surface area contributed by atoms with Crippen LogP contribution in [0.4, 0.5) is 0 Å². The predicted octanol–water partition coefficient (Wildman–Crippen LogP) is 7.19. The van der Waals surface area contributed by atoms with Gasteiger partial charge < -0.3 is 14.8 Å². The number of allylic oxidation sites excluding steroid dienone is 1. The monoisotopic (exact) mass is 502 g/mol. The van der Waals surface area contributed by atoms with E-state index in [1.165, 1.54) is 24.0 Å². The summed E-state index contributed by atoms with van der Waals surface area (Å²) in [7, 11) is 0. The van der Waals surface area contributed by atoms with Crippen LogP contribution in [0.5, 0.6) is 11.5 Å². The normalized spacial score (nSPS) is 13.8. The van der Waals surface area contributed by atoms with Crippen molar-refractivity contribution in [1.82, 2.24) is 5.32 Å². The molecule has 0 unspecified atom stereocenters. The summed E-state index contributed by atoms with van der Waals surface area (Å²) in [4.78, 5) is 0. The molecular formula is C28H36Cl2N2O2. The van der Waals surface area contributed by atoms with E-state index in [9.17, 15) is 0 Å². The Hall–Kier alpha value is -2.19. The summed E-state index contributed by atoms with van der Waals surface area (Å²) in [5, 5.41) is 12.9. The molecule has 1 fully saturated rings. The van der Waals surface area contributed by atoms with Crippen LogP contribution in [0, 0.1) is 24.2 Å². The minimum absolute atomic E-state index is 0.350. The number of nitriles is 1. The van der Waals surface area contributed by atoms with Crippen LogP contribution in [0.1, 0.15) is 55.4 Å². The molecule has 1 saturated heterocycles. The maximum absolute atomic E-state index is 9.01. The van der Waals surface area contributed by atoms with Gasteiger partial charge in [0.05, 0.1) is 23.1 Å². The molecule has 1 heterocycles. The fourth-order valence-electron chi connectivity index (χ4n) is 3.78. The van der Waals surface area contributed by atoms with Crippen LogP contribution in [0.15, 0.2) is 36.4 Å². The summed E-state index contributed by atoms with van der Waals surface area (Å²) in [6.07, 6.45) is 8.58. The minimum Gasteiger partial charge on any atom is -0.493 e. The molecule has 1 aliphatic rings. The highest BCUT2D eigenvalue weighted by Gasteiger charge is 2.13. The Morgan fingerprint density at radius 3 is 2.59 bits per heavy atom. The number of nitrogens with one attached hydrogen (secondary N) is 1. The van der Waals surface area contributed by atoms with E-state index in [0.717, 1.165) is 43.9 Å². The number of alkyl halides is 1. The summed E-state index contributed by atoms with van der Waals surface area (Å²) >= 11 is 11.6. The van der Waals surface area contributed by atoms with Crippen LogP contribution in [0.3, 0.4) is 0 Å². The highest BCUT2D eigenvalue weighted by molar-refractivity contribution is 6.32. The van der Waals surface area contributed by atoms with Crippen molar-refractivity contribution in [2.75, 3.05) is 32.2 Å². The van der Waals surface area contributed by atoms with Crippen LogP contribution in [0.25, 0.3) is 6.08 Å². The van der Waals surface area contributed by atoms with Gasteiger partial charge in [-0.3, -0.25) is 0 Å². The Labute approximate surface area is 214 Å². The average molecular weight is 504 g/mol. The molecule has 0 aliphatic carbocycles. The number of aryl methyl sites for hydroxylation is 2. The first-order valence-corrected chi connectivity index (χ1v) is 12.9. The molecule has 0 bridgehead atoms. The van der Waals surface area contributed by atoms with Crippen molar-refractivity contribution < 1.29 is 9.47 Å². The lowest BCUT2D eigenvalue weighted by atomic mass is 9.99. The van der Waals surface area contributed by atoms with Gasteiger partial charge in [-0.05, 0) is 93.1 Å². The number of rotatable bonds is 9. The zero-order chi connectivity index (χ0) is 24.8. The van der Waals surface area contributed by atoms with Gasteiger partial charge in [0.15, 0.2) is 5.75 Å².